The minimum absolute atomic E-state index is 0.0664. The Labute approximate surface area is 180 Å². The Balaban J connectivity index is 1.69. The van der Waals surface area contributed by atoms with E-state index in [1.807, 2.05) is 33.7 Å². The first-order valence-electron chi connectivity index (χ1n) is 10.6. The summed E-state index contributed by atoms with van der Waals surface area (Å²) in [5.74, 6) is -1.20. The van der Waals surface area contributed by atoms with Crippen molar-refractivity contribution in [3.05, 3.63) is 41.6 Å². The predicted molar refractivity (Wildman–Crippen MR) is 116 cm³/mol. The maximum Gasteiger partial charge on any atom is 0.333 e. The molecule has 4 rings (SSSR count). The minimum atomic E-state index is -0.655. The third-order valence-electron chi connectivity index (χ3n) is 6.03. The number of urea groups is 1. The Morgan fingerprint density at radius 3 is 2.19 bits per heavy atom. The maximum absolute atomic E-state index is 12.9. The van der Waals surface area contributed by atoms with Crippen LogP contribution in [-0.4, -0.2) is 70.2 Å². The molecule has 1 aromatic carbocycles. The molecule has 0 saturated carbocycles. The first-order chi connectivity index (χ1) is 14.9. The molecule has 8 heteroatoms. The number of rotatable bonds is 3. The lowest BCUT2D eigenvalue weighted by Crippen LogP contribution is -2.52. The number of barbiturate groups is 1. The molecule has 2 aliphatic rings. The second kappa shape index (κ2) is 8.37. The van der Waals surface area contributed by atoms with Gasteiger partial charge in [-0.15, -0.1) is 0 Å². The lowest BCUT2D eigenvalue weighted by Gasteiger charge is -2.28. The van der Waals surface area contributed by atoms with Crippen LogP contribution in [0.25, 0.3) is 17.0 Å². The van der Waals surface area contributed by atoms with Crippen LogP contribution in [0.2, 0.25) is 0 Å². The third kappa shape index (κ3) is 3.85. The number of hydrogen-bond donors (Lipinski definition) is 0. The van der Waals surface area contributed by atoms with Crippen molar-refractivity contribution in [1.82, 2.24) is 19.3 Å². The number of likely N-dealkylation sites (N-methyl/N-ethyl adjacent to an activating group) is 2. The molecule has 2 aromatic rings. The van der Waals surface area contributed by atoms with Crippen LogP contribution in [0.5, 0.6) is 0 Å². The summed E-state index contributed by atoms with van der Waals surface area (Å²) in [6.45, 7) is 1.76. The van der Waals surface area contributed by atoms with Crippen molar-refractivity contribution in [3.8, 4) is 0 Å². The van der Waals surface area contributed by atoms with Gasteiger partial charge in [0.2, 0.25) is 5.91 Å². The van der Waals surface area contributed by atoms with E-state index in [2.05, 4.69) is 0 Å². The average molecular weight is 422 g/mol. The van der Waals surface area contributed by atoms with Crippen LogP contribution in [-0.2, 0) is 20.9 Å². The standard InChI is InChI=1S/C23H26N4O4/c1-24-21(29)18(22(30)25(2)23(24)31)13-16-14-27(19-10-6-5-9-17(16)19)15-20(28)26-11-7-3-4-8-12-26/h5-6,9-10,13-14H,3-4,7-8,11-12,15H2,1-2H3. The summed E-state index contributed by atoms with van der Waals surface area (Å²) in [6, 6.07) is 6.92. The van der Waals surface area contributed by atoms with E-state index < -0.39 is 17.8 Å². The molecule has 2 fully saturated rings. The number of nitrogens with zero attached hydrogens (tertiary/aromatic N) is 4. The topological polar surface area (TPSA) is 82.9 Å². The van der Waals surface area contributed by atoms with E-state index in [-0.39, 0.29) is 18.0 Å². The highest BCUT2D eigenvalue weighted by molar-refractivity contribution is 6.31. The zero-order chi connectivity index (χ0) is 22.1. The molecular formula is C23H26N4O4. The van der Waals surface area contributed by atoms with Crippen LogP contribution in [0.1, 0.15) is 31.2 Å². The molecule has 0 atom stereocenters. The van der Waals surface area contributed by atoms with Gasteiger partial charge in [-0.25, -0.2) is 4.79 Å². The van der Waals surface area contributed by atoms with Gasteiger partial charge in [-0.3, -0.25) is 24.2 Å². The van der Waals surface area contributed by atoms with E-state index in [0.29, 0.717) is 5.56 Å². The largest absolute Gasteiger partial charge is 0.341 e. The van der Waals surface area contributed by atoms with Crippen molar-refractivity contribution < 1.29 is 19.2 Å². The highest BCUT2D eigenvalue weighted by atomic mass is 16.2. The van der Waals surface area contributed by atoms with Crippen molar-refractivity contribution in [1.29, 1.82) is 0 Å². The molecule has 31 heavy (non-hydrogen) atoms. The first-order valence-corrected chi connectivity index (χ1v) is 10.6. The van der Waals surface area contributed by atoms with Crippen molar-refractivity contribution in [2.45, 2.75) is 32.2 Å². The molecule has 0 bridgehead atoms. The zero-order valence-electron chi connectivity index (χ0n) is 17.8. The van der Waals surface area contributed by atoms with Crippen LogP contribution in [0, 0.1) is 0 Å². The molecule has 3 heterocycles. The Morgan fingerprint density at radius 1 is 0.935 bits per heavy atom. The van der Waals surface area contributed by atoms with E-state index in [1.54, 1.807) is 6.20 Å². The highest BCUT2D eigenvalue weighted by Crippen LogP contribution is 2.26. The van der Waals surface area contributed by atoms with Crippen molar-refractivity contribution in [2.75, 3.05) is 27.2 Å². The molecule has 2 aliphatic heterocycles. The minimum Gasteiger partial charge on any atom is -0.341 e. The average Bonchev–Trinajstić information content (AvgIpc) is 2.94. The van der Waals surface area contributed by atoms with Gasteiger partial charge in [0.25, 0.3) is 11.8 Å². The van der Waals surface area contributed by atoms with Crippen LogP contribution in [0.3, 0.4) is 0 Å². The van der Waals surface area contributed by atoms with Crippen LogP contribution in [0.15, 0.2) is 36.0 Å². The number of imide groups is 2. The van der Waals surface area contributed by atoms with Gasteiger partial charge in [0.05, 0.1) is 0 Å². The highest BCUT2D eigenvalue weighted by Gasteiger charge is 2.38. The molecule has 0 unspecified atom stereocenters. The molecule has 162 valence electrons. The third-order valence-corrected chi connectivity index (χ3v) is 6.03. The van der Waals surface area contributed by atoms with Crippen LogP contribution < -0.4 is 0 Å². The fraction of sp³-hybridized carbons (Fsp3) is 0.391. The van der Waals surface area contributed by atoms with E-state index in [0.717, 1.165) is 59.5 Å². The van der Waals surface area contributed by atoms with Gasteiger partial charge in [0.15, 0.2) is 0 Å². The fourth-order valence-electron chi connectivity index (χ4n) is 4.22. The normalized spacial score (nSPS) is 18.1. The Kier molecular flexibility index (Phi) is 5.63. The van der Waals surface area contributed by atoms with Crippen molar-refractivity contribution in [3.63, 3.8) is 0 Å². The molecule has 5 amide bonds. The lowest BCUT2D eigenvalue weighted by molar-refractivity contribution is -0.134. The number of aromatic nitrogens is 1. The SMILES string of the molecule is CN1C(=O)C(=Cc2cn(CC(=O)N3CCCCCC3)c3ccccc23)C(=O)N(C)C1=O. The monoisotopic (exact) mass is 422 g/mol. The molecule has 2 saturated heterocycles. The van der Waals surface area contributed by atoms with Gasteiger partial charge < -0.3 is 9.47 Å². The summed E-state index contributed by atoms with van der Waals surface area (Å²) < 4.78 is 1.87. The molecule has 8 nitrogen and oxygen atoms in total. The Bertz CT molecular complexity index is 1070. The van der Waals surface area contributed by atoms with Gasteiger partial charge in [0.1, 0.15) is 12.1 Å². The van der Waals surface area contributed by atoms with Gasteiger partial charge >= 0.3 is 6.03 Å². The molecule has 0 aliphatic carbocycles. The van der Waals surface area contributed by atoms with Gasteiger partial charge in [-0.05, 0) is 25.0 Å². The number of likely N-dealkylation sites (tertiary alicyclic amines) is 1. The van der Waals surface area contributed by atoms with Crippen LogP contribution in [0.4, 0.5) is 4.79 Å². The molecule has 0 spiro atoms. The number of carbonyl (C=O) groups excluding carboxylic acids is 4. The zero-order valence-corrected chi connectivity index (χ0v) is 17.8. The van der Waals surface area contributed by atoms with E-state index in [9.17, 15) is 19.2 Å². The quantitative estimate of drug-likeness (QED) is 0.562. The van der Waals surface area contributed by atoms with Gasteiger partial charge in [-0.2, -0.15) is 0 Å². The smallest absolute Gasteiger partial charge is 0.333 e. The summed E-state index contributed by atoms with van der Waals surface area (Å²) in [6.07, 6.45) is 7.67. The van der Waals surface area contributed by atoms with Gasteiger partial charge in [0, 0.05) is 49.8 Å². The number of para-hydroxylation sites is 1. The number of hydrogen-bond acceptors (Lipinski definition) is 4. The lowest BCUT2D eigenvalue weighted by atomic mass is 10.1. The fourth-order valence-corrected chi connectivity index (χ4v) is 4.22. The molecule has 1 aromatic heterocycles. The maximum atomic E-state index is 12.9. The van der Waals surface area contributed by atoms with Crippen molar-refractivity contribution in [2.24, 2.45) is 0 Å². The summed E-state index contributed by atoms with van der Waals surface area (Å²) in [5.41, 5.74) is 1.43. The Morgan fingerprint density at radius 2 is 1.55 bits per heavy atom. The summed E-state index contributed by atoms with van der Waals surface area (Å²) in [4.78, 5) is 53.8. The second-order valence-electron chi connectivity index (χ2n) is 8.09. The van der Waals surface area contributed by atoms with E-state index in [1.165, 1.54) is 20.2 Å². The Hall–Kier alpha value is -3.42. The summed E-state index contributed by atoms with van der Waals surface area (Å²) >= 11 is 0. The number of fused-ring (bicyclic) bond motifs is 1. The van der Waals surface area contributed by atoms with Gasteiger partial charge in [-0.1, -0.05) is 31.0 Å². The number of amides is 5. The first kappa shape index (κ1) is 20.8. The molecular weight excluding hydrogens is 396 g/mol. The van der Waals surface area contributed by atoms with Crippen LogP contribution >= 0.6 is 0 Å². The second-order valence-corrected chi connectivity index (χ2v) is 8.09. The van der Waals surface area contributed by atoms with Crippen molar-refractivity contribution >= 4 is 40.7 Å². The van der Waals surface area contributed by atoms with E-state index in [4.69, 9.17) is 0 Å². The summed E-state index contributed by atoms with van der Waals surface area (Å²) in [5, 5.41) is 0.835. The predicted octanol–water partition coefficient (Wildman–Crippen LogP) is 2.48. The number of carbonyl (C=O) groups is 4. The molecule has 0 N–H and O–H groups in total. The molecule has 0 radical (unpaired) electrons. The van der Waals surface area contributed by atoms with E-state index >= 15 is 0 Å². The summed E-state index contributed by atoms with van der Waals surface area (Å²) in [7, 11) is 2.70. The number of benzene rings is 1.